The van der Waals surface area contributed by atoms with Gasteiger partial charge in [0.2, 0.25) is 5.75 Å². The van der Waals surface area contributed by atoms with Crippen molar-refractivity contribution in [1.29, 1.82) is 0 Å². The Morgan fingerprint density at radius 1 is 0.867 bits per heavy atom. The van der Waals surface area contributed by atoms with Gasteiger partial charge in [0, 0.05) is 29.0 Å². The van der Waals surface area contributed by atoms with E-state index in [9.17, 15) is 4.79 Å². The van der Waals surface area contributed by atoms with Gasteiger partial charge in [-0.2, -0.15) is 5.10 Å². The van der Waals surface area contributed by atoms with Crippen LogP contribution in [-0.4, -0.2) is 41.7 Å². The Hall–Kier alpha value is -3.87. The summed E-state index contributed by atoms with van der Waals surface area (Å²) < 4.78 is 18.1. The van der Waals surface area contributed by atoms with Crippen LogP contribution >= 0.6 is 0 Å². The van der Waals surface area contributed by atoms with E-state index < -0.39 is 0 Å². The van der Waals surface area contributed by atoms with Crippen LogP contribution in [0.3, 0.4) is 0 Å². The fourth-order valence-corrected chi connectivity index (χ4v) is 3.36. The van der Waals surface area contributed by atoms with Crippen LogP contribution < -0.4 is 14.2 Å². The van der Waals surface area contributed by atoms with Gasteiger partial charge in [-0.05, 0) is 25.1 Å². The van der Waals surface area contributed by atoms with Gasteiger partial charge in [-0.25, -0.2) is 9.50 Å². The highest BCUT2D eigenvalue weighted by Gasteiger charge is 2.17. The molecule has 30 heavy (non-hydrogen) atoms. The lowest BCUT2D eigenvalue weighted by atomic mass is 10.1. The molecule has 4 aromatic rings. The molecule has 7 heteroatoms. The molecule has 0 atom stereocenters. The Morgan fingerprint density at radius 3 is 2.10 bits per heavy atom. The fraction of sp³-hybridized carbons (Fsp3) is 0.174. The van der Waals surface area contributed by atoms with Gasteiger partial charge in [0.25, 0.3) is 0 Å². The smallest absolute Gasteiger partial charge is 0.203 e. The van der Waals surface area contributed by atoms with Gasteiger partial charge in [-0.15, -0.1) is 0 Å². The molecule has 7 nitrogen and oxygen atoms in total. The number of rotatable bonds is 6. The van der Waals surface area contributed by atoms with Crippen LogP contribution in [0.5, 0.6) is 17.2 Å². The summed E-state index contributed by atoms with van der Waals surface area (Å²) in [7, 11) is 4.74. The van der Waals surface area contributed by atoms with Gasteiger partial charge in [-0.3, -0.25) is 4.79 Å². The van der Waals surface area contributed by atoms with E-state index in [1.165, 1.54) is 0 Å². The number of aromatic nitrogens is 3. The van der Waals surface area contributed by atoms with E-state index in [1.54, 1.807) is 51.1 Å². The van der Waals surface area contributed by atoms with Crippen LogP contribution in [0.4, 0.5) is 0 Å². The highest BCUT2D eigenvalue weighted by molar-refractivity contribution is 5.94. The van der Waals surface area contributed by atoms with Gasteiger partial charge in [0.15, 0.2) is 22.9 Å². The molecule has 0 N–H and O–H groups in total. The van der Waals surface area contributed by atoms with Crippen LogP contribution in [0, 0.1) is 0 Å². The second kappa shape index (κ2) is 7.87. The quantitative estimate of drug-likeness (QED) is 0.447. The number of hydrogen-bond acceptors (Lipinski definition) is 6. The van der Waals surface area contributed by atoms with Crippen molar-refractivity contribution in [3.05, 3.63) is 60.3 Å². The number of benzene rings is 2. The van der Waals surface area contributed by atoms with Crippen molar-refractivity contribution in [2.45, 2.75) is 6.92 Å². The summed E-state index contributed by atoms with van der Waals surface area (Å²) in [4.78, 5) is 16.0. The van der Waals surface area contributed by atoms with E-state index >= 15 is 0 Å². The SMILES string of the molecule is COc1cc(-c2ccnc3cc(-c4ccc(C(C)=O)cc4)nn23)cc(OC)c1OC. The van der Waals surface area contributed by atoms with Crippen LogP contribution in [0.25, 0.3) is 28.2 Å². The minimum absolute atomic E-state index is 0.0305. The highest BCUT2D eigenvalue weighted by atomic mass is 16.5. The lowest BCUT2D eigenvalue weighted by Gasteiger charge is -2.14. The second-order valence-corrected chi connectivity index (χ2v) is 6.68. The lowest BCUT2D eigenvalue weighted by molar-refractivity contribution is 0.101. The van der Waals surface area contributed by atoms with E-state index in [4.69, 9.17) is 19.3 Å². The first-order valence-electron chi connectivity index (χ1n) is 9.32. The number of carbonyl (C=O) groups is 1. The molecule has 0 fully saturated rings. The molecule has 152 valence electrons. The first-order valence-corrected chi connectivity index (χ1v) is 9.32. The molecule has 2 aromatic carbocycles. The highest BCUT2D eigenvalue weighted by Crippen LogP contribution is 2.41. The van der Waals surface area contributed by atoms with Crippen LogP contribution in [0.15, 0.2) is 54.7 Å². The molecule has 0 aliphatic carbocycles. The lowest BCUT2D eigenvalue weighted by Crippen LogP contribution is -1.99. The van der Waals surface area contributed by atoms with Crippen LogP contribution in [0.2, 0.25) is 0 Å². The Bertz CT molecular complexity index is 1200. The molecular weight excluding hydrogens is 382 g/mol. The van der Waals surface area contributed by atoms with Gasteiger partial charge in [0.05, 0.1) is 32.7 Å². The molecule has 0 saturated carbocycles. The summed E-state index contributed by atoms with van der Waals surface area (Å²) in [5, 5.41) is 4.74. The van der Waals surface area contributed by atoms with Gasteiger partial charge < -0.3 is 14.2 Å². The molecule has 2 aromatic heterocycles. The van der Waals surface area contributed by atoms with Crippen molar-refractivity contribution in [2.24, 2.45) is 0 Å². The minimum Gasteiger partial charge on any atom is -0.493 e. The maximum atomic E-state index is 11.5. The molecular formula is C23H21N3O4. The summed E-state index contributed by atoms with van der Waals surface area (Å²) in [5.74, 6) is 1.68. The van der Waals surface area contributed by atoms with E-state index in [2.05, 4.69) is 4.98 Å². The molecule has 4 rings (SSSR count). The Balaban J connectivity index is 1.84. The Morgan fingerprint density at radius 2 is 1.53 bits per heavy atom. The van der Waals surface area contributed by atoms with Crippen LogP contribution in [-0.2, 0) is 0 Å². The minimum atomic E-state index is 0.0305. The maximum Gasteiger partial charge on any atom is 0.203 e. The van der Waals surface area contributed by atoms with Crippen molar-refractivity contribution >= 4 is 11.4 Å². The Kier molecular flexibility index (Phi) is 5.10. The average molecular weight is 403 g/mol. The van der Waals surface area contributed by atoms with Gasteiger partial charge >= 0.3 is 0 Å². The first kappa shape index (κ1) is 19.4. The predicted molar refractivity (Wildman–Crippen MR) is 114 cm³/mol. The largest absolute Gasteiger partial charge is 0.493 e. The van der Waals surface area contributed by atoms with Crippen molar-refractivity contribution in [3.63, 3.8) is 0 Å². The standard InChI is InChI=1S/C23H21N3O4/c1-14(27)15-5-7-16(8-6-15)18-13-22-24-10-9-19(26(22)25-18)17-11-20(28-2)23(30-4)21(12-17)29-3/h5-13H,1-4H3. The zero-order valence-corrected chi connectivity index (χ0v) is 17.2. The first-order chi connectivity index (χ1) is 14.5. The van der Waals surface area contributed by atoms with Crippen molar-refractivity contribution < 1.29 is 19.0 Å². The zero-order chi connectivity index (χ0) is 21.3. The summed E-state index contributed by atoms with van der Waals surface area (Å²) >= 11 is 0. The molecule has 0 aliphatic heterocycles. The van der Waals surface area contributed by atoms with E-state index in [-0.39, 0.29) is 5.78 Å². The predicted octanol–water partition coefficient (Wildman–Crippen LogP) is 4.29. The molecule has 0 radical (unpaired) electrons. The van der Waals surface area contributed by atoms with E-state index in [1.807, 2.05) is 36.4 Å². The summed E-state index contributed by atoms with van der Waals surface area (Å²) in [6.07, 6.45) is 1.73. The third kappa shape index (κ3) is 3.34. The van der Waals surface area contributed by atoms with Gasteiger partial charge in [0.1, 0.15) is 0 Å². The normalized spacial score (nSPS) is 10.8. The number of ether oxygens (including phenoxy) is 3. The summed E-state index contributed by atoms with van der Waals surface area (Å²) in [6.45, 7) is 1.55. The molecule has 0 bridgehead atoms. The molecule has 0 spiro atoms. The molecule has 2 heterocycles. The van der Waals surface area contributed by atoms with Crippen LogP contribution in [0.1, 0.15) is 17.3 Å². The number of fused-ring (bicyclic) bond motifs is 1. The molecule has 0 unspecified atom stereocenters. The van der Waals surface area contributed by atoms with Gasteiger partial charge in [-0.1, -0.05) is 24.3 Å². The van der Waals surface area contributed by atoms with Crippen molar-refractivity contribution in [3.8, 4) is 39.8 Å². The average Bonchev–Trinajstić information content (AvgIpc) is 3.22. The number of hydrogen-bond donors (Lipinski definition) is 0. The monoisotopic (exact) mass is 403 g/mol. The second-order valence-electron chi connectivity index (χ2n) is 6.68. The van der Waals surface area contributed by atoms with E-state index in [0.717, 1.165) is 22.5 Å². The number of carbonyl (C=O) groups excluding carboxylic acids is 1. The molecule has 0 saturated heterocycles. The van der Waals surface area contributed by atoms with Crippen molar-refractivity contribution in [2.75, 3.05) is 21.3 Å². The topological polar surface area (TPSA) is 75.0 Å². The third-order valence-corrected chi connectivity index (χ3v) is 4.91. The van der Waals surface area contributed by atoms with Crippen molar-refractivity contribution in [1.82, 2.24) is 14.6 Å². The molecule has 0 amide bonds. The van der Waals surface area contributed by atoms with E-state index in [0.29, 0.717) is 28.5 Å². The summed E-state index contributed by atoms with van der Waals surface area (Å²) in [6, 6.07) is 14.9. The number of nitrogens with zero attached hydrogens (tertiary/aromatic N) is 3. The fourth-order valence-electron chi connectivity index (χ4n) is 3.36. The third-order valence-electron chi connectivity index (χ3n) is 4.91. The maximum absolute atomic E-state index is 11.5. The Labute approximate surface area is 173 Å². The summed E-state index contributed by atoms with van der Waals surface area (Å²) in [5.41, 5.74) is 4.70. The number of Topliss-reactive ketones (excluding diaryl/α,β-unsaturated/α-hetero) is 1. The molecule has 0 aliphatic rings. The number of ketones is 1. The number of methoxy groups -OCH3 is 3. The zero-order valence-electron chi connectivity index (χ0n) is 17.2.